The van der Waals surface area contributed by atoms with Crippen LogP contribution in [0.4, 0.5) is 19.4 Å². The smallest absolute Gasteiger partial charge is 0.410 e. The number of benzene rings is 2. The van der Waals surface area contributed by atoms with Crippen LogP contribution in [-0.4, -0.2) is 66.2 Å². The number of aryl methyl sites for hydroxylation is 1. The number of halogens is 2. The maximum atomic E-state index is 16.8. The fourth-order valence-electron chi connectivity index (χ4n) is 7.21. The normalized spacial score (nSPS) is 21.4. The highest BCUT2D eigenvalue weighted by molar-refractivity contribution is 7.84. The Labute approximate surface area is 262 Å². The molecule has 4 aromatic rings. The summed E-state index contributed by atoms with van der Waals surface area (Å²) < 4.78 is 50.7. The van der Waals surface area contributed by atoms with Gasteiger partial charge in [0.15, 0.2) is 5.82 Å². The Morgan fingerprint density at radius 3 is 2.62 bits per heavy atom. The number of nitrogens with zero attached hydrogens (tertiary/aromatic N) is 5. The number of piperazine rings is 1. The molecule has 0 spiro atoms. The molecule has 232 valence electrons. The summed E-state index contributed by atoms with van der Waals surface area (Å²) in [6.45, 7) is 7.80. The number of hydrogen-bond donors (Lipinski definition) is 0. The zero-order chi connectivity index (χ0) is 31.8. The van der Waals surface area contributed by atoms with Crippen LogP contribution in [0.25, 0.3) is 32.9 Å². The molecule has 11 heteroatoms. The summed E-state index contributed by atoms with van der Waals surface area (Å²) >= 11 is 0. The van der Waals surface area contributed by atoms with Gasteiger partial charge in [0.05, 0.1) is 45.6 Å². The predicted molar refractivity (Wildman–Crippen MR) is 169 cm³/mol. The van der Waals surface area contributed by atoms with E-state index < -0.39 is 28.0 Å². The van der Waals surface area contributed by atoms with E-state index in [0.29, 0.717) is 52.6 Å². The van der Waals surface area contributed by atoms with E-state index >= 15 is 4.39 Å². The number of rotatable bonds is 3. The standard InChI is InChI=1S/C34H33F2N5O3S/c1-6-20-22(35)13-11-18-9-8-10-21(26(18)20)29-28(36)30-27-23(37-29)14-16-24-25-15-12-19(41(25)33(42)44-34(3,4)5)17-40(24)31(27)39-32(38-30)45(43)7-2/h1,8-11,13,19,24-25H,7,12,14-17H2,2-5H3/t19-,24-,25+,45?/m1/s1. The molecule has 4 atom stereocenters. The van der Waals surface area contributed by atoms with Crippen LogP contribution in [0, 0.1) is 24.0 Å². The molecule has 8 nitrogen and oxygen atoms in total. The van der Waals surface area contributed by atoms with Crippen molar-refractivity contribution in [2.45, 2.75) is 82.3 Å². The van der Waals surface area contributed by atoms with E-state index in [2.05, 4.69) is 15.8 Å². The highest BCUT2D eigenvalue weighted by atomic mass is 32.2. The summed E-state index contributed by atoms with van der Waals surface area (Å²) in [4.78, 5) is 31.6. The minimum absolute atomic E-state index is 0.000134. The van der Waals surface area contributed by atoms with E-state index in [1.807, 2.05) is 25.7 Å². The molecule has 2 saturated heterocycles. The topological polar surface area (TPSA) is 88.5 Å². The van der Waals surface area contributed by atoms with Crippen LogP contribution >= 0.6 is 0 Å². The first-order chi connectivity index (χ1) is 21.5. The van der Waals surface area contributed by atoms with E-state index in [-0.39, 0.29) is 51.9 Å². The minimum Gasteiger partial charge on any atom is -0.444 e. The van der Waals surface area contributed by atoms with Gasteiger partial charge >= 0.3 is 6.09 Å². The van der Waals surface area contributed by atoms with Crippen molar-refractivity contribution in [1.29, 1.82) is 0 Å². The predicted octanol–water partition coefficient (Wildman–Crippen LogP) is 6.13. The van der Waals surface area contributed by atoms with Gasteiger partial charge in [0.2, 0.25) is 5.16 Å². The molecular formula is C34H33F2N5O3S. The molecule has 1 amide bonds. The molecule has 3 aliphatic rings. The summed E-state index contributed by atoms with van der Waals surface area (Å²) in [5, 5.41) is 1.56. The molecule has 5 heterocycles. The molecule has 45 heavy (non-hydrogen) atoms. The lowest BCUT2D eigenvalue weighted by Crippen LogP contribution is -2.62. The van der Waals surface area contributed by atoms with Crippen molar-refractivity contribution in [3.8, 4) is 23.6 Å². The van der Waals surface area contributed by atoms with Crippen molar-refractivity contribution < 1.29 is 22.5 Å². The molecular weight excluding hydrogens is 596 g/mol. The highest BCUT2D eigenvalue weighted by Crippen LogP contribution is 2.45. The van der Waals surface area contributed by atoms with Crippen LogP contribution in [0.15, 0.2) is 35.5 Å². The first kappa shape index (κ1) is 29.5. The van der Waals surface area contributed by atoms with Gasteiger partial charge in [-0.2, -0.15) is 0 Å². The van der Waals surface area contributed by atoms with E-state index in [9.17, 15) is 13.4 Å². The van der Waals surface area contributed by atoms with E-state index in [0.717, 1.165) is 12.8 Å². The number of ether oxygens (including phenoxy) is 1. The van der Waals surface area contributed by atoms with Gasteiger partial charge in [-0.3, -0.25) is 9.11 Å². The van der Waals surface area contributed by atoms with Crippen LogP contribution in [0.3, 0.4) is 0 Å². The first-order valence-electron chi connectivity index (χ1n) is 15.2. The Morgan fingerprint density at radius 2 is 1.89 bits per heavy atom. The third kappa shape index (κ3) is 4.73. The molecule has 2 bridgehead atoms. The maximum absolute atomic E-state index is 16.8. The Balaban J connectivity index is 1.43. The lowest BCUT2D eigenvalue weighted by Gasteiger charge is -2.47. The molecule has 2 aromatic carbocycles. The summed E-state index contributed by atoms with van der Waals surface area (Å²) in [5.41, 5.74) is 0.366. The zero-order valence-electron chi connectivity index (χ0n) is 25.6. The van der Waals surface area contributed by atoms with Crippen LogP contribution in [0.2, 0.25) is 0 Å². The van der Waals surface area contributed by atoms with Gasteiger partial charge in [-0.1, -0.05) is 37.1 Å². The summed E-state index contributed by atoms with van der Waals surface area (Å²) in [6, 6.07) is 7.74. The van der Waals surface area contributed by atoms with E-state index in [4.69, 9.17) is 21.1 Å². The molecule has 2 aromatic heterocycles. The van der Waals surface area contributed by atoms with Crippen LogP contribution in [0.5, 0.6) is 0 Å². The largest absolute Gasteiger partial charge is 0.444 e. The monoisotopic (exact) mass is 629 g/mol. The Hall–Kier alpha value is -4.17. The highest BCUT2D eigenvalue weighted by Gasteiger charge is 2.51. The van der Waals surface area contributed by atoms with Crippen LogP contribution in [0.1, 0.15) is 58.2 Å². The van der Waals surface area contributed by atoms with Gasteiger partial charge in [-0.05, 0) is 57.9 Å². The number of aromatic nitrogens is 3. The molecule has 2 fully saturated rings. The number of terminal acetylenes is 1. The second-order valence-corrected chi connectivity index (χ2v) is 14.5. The van der Waals surface area contributed by atoms with Crippen molar-refractivity contribution in [3.05, 3.63) is 53.2 Å². The second kappa shape index (κ2) is 10.7. The number of anilines is 1. The quantitative estimate of drug-likeness (QED) is 0.199. The van der Waals surface area contributed by atoms with Crippen molar-refractivity contribution in [2.75, 3.05) is 17.2 Å². The van der Waals surface area contributed by atoms with Gasteiger partial charge in [0.1, 0.15) is 28.4 Å². The third-order valence-electron chi connectivity index (χ3n) is 9.03. The van der Waals surface area contributed by atoms with E-state index in [1.54, 1.807) is 31.2 Å². The van der Waals surface area contributed by atoms with Gasteiger partial charge in [-0.25, -0.2) is 28.5 Å². The van der Waals surface area contributed by atoms with E-state index in [1.165, 1.54) is 6.07 Å². The molecule has 3 aliphatic heterocycles. The van der Waals surface area contributed by atoms with Crippen LogP contribution in [-0.2, 0) is 22.0 Å². The fourth-order valence-corrected chi connectivity index (χ4v) is 7.85. The molecule has 7 rings (SSSR count). The number of fused-ring (bicyclic) bond motifs is 6. The molecule has 0 N–H and O–H groups in total. The lowest BCUT2D eigenvalue weighted by atomic mass is 9.95. The Morgan fingerprint density at radius 1 is 1.09 bits per heavy atom. The number of carbonyl (C=O) groups excluding carboxylic acids is 1. The van der Waals surface area contributed by atoms with Gasteiger partial charge < -0.3 is 9.64 Å². The number of pyridine rings is 1. The molecule has 0 aliphatic carbocycles. The second-order valence-electron chi connectivity index (χ2n) is 12.8. The van der Waals surface area contributed by atoms with Crippen molar-refractivity contribution >= 4 is 44.4 Å². The van der Waals surface area contributed by atoms with Gasteiger partial charge in [0, 0.05) is 23.2 Å². The molecule has 0 saturated carbocycles. The first-order valence-corrected chi connectivity index (χ1v) is 16.6. The minimum atomic E-state index is -1.57. The average molecular weight is 630 g/mol. The number of carbonyl (C=O) groups is 1. The Bertz CT molecular complexity index is 1970. The summed E-state index contributed by atoms with van der Waals surface area (Å²) in [5.74, 6) is 1.89. The number of hydrogen-bond acceptors (Lipinski definition) is 7. The fraction of sp³-hybridized carbons (Fsp3) is 0.412. The number of amides is 1. The third-order valence-corrected chi connectivity index (χ3v) is 10.1. The maximum Gasteiger partial charge on any atom is 0.410 e. The van der Waals surface area contributed by atoms with Crippen molar-refractivity contribution in [3.63, 3.8) is 0 Å². The van der Waals surface area contributed by atoms with Crippen LogP contribution < -0.4 is 4.90 Å². The van der Waals surface area contributed by atoms with Gasteiger partial charge in [-0.15, -0.1) is 6.42 Å². The molecule has 1 unspecified atom stereocenters. The van der Waals surface area contributed by atoms with Gasteiger partial charge in [0.25, 0.3) is 0 Å². The van der Waals surface area contributed by atoms with Crippen molar-refractivity contribution in [2.24, 2.45) is 0 Å². The summed E-state index contributed by atoms with van der Waals surface area (Å²) in [7, 11) is -1.57. The average Bonchev–Trinajstić information content (AvgIpc) is 3.25. The Kier molecular flexibility index (Phi) is 7.04. The summed E-state index contributed by atoms with van der Waals surface area (Å²) in [6.07, 6.45) is 8.08. The molecule has 0 radical (unpaired) electrons. The lowest BCUT2D eigenvalue weighted by molar-refractivity contribution is 0.00722. The zero-order valence-corrected chi connectivity index (χ0v) is 26.4. The SMILES string of the molecule is C#Cc1c(F)ccc2cccc(-c3nc4c5c(nc(S(=O)CC)nc5c3F)N3C[C@H]5CC[C@@H]([C@H]3CC4)N5C(=O)OC(C)(C)C)c12. The van der Waals surface area contributed by atoms with Crippen molar-refractivity contribution in [1.82, 2.24) is 19.9 Å².